The van der Waals surface area contributed by atoms with Crippen molar-refractivity contribution < 1.29 is 4.74 Å². The molecule has 1 saturated carbocycles. The Kier molecular flexibility index (Phi) is 5.22. The molecule has 0 radical (unpaired) electrons. The van der Waals surface area contributed by atoms with Crippen LogP contribution in [0.4, 0.5) is 0 Å². The van der Waals surface area contributed by atoms with Crippen LogP contribution >= 0.6 is 0 Å². The second kappa shape index (κ2) is 6.72. The van der Waals surface area contributed by atoms with Gasteiger partial charge >= 0.3 is 0 Å². The summed E-state index contributed by atoms with van der Waals surface area (Å²) in [6, 6.07) is 1.00. The Bertz CT molecular complexity index is 439. The predicted octanol–water partition coefficient (Wildman–Crippen LogP) is 3.13. The average molecular weight is 279 g/mol. The fourth-order valence-electron chi connectivity index (χ4n) is 3.17. The van der Waals surface area contributed by atoms with Gasteiger partial charge in [0.1, 0.15) is 0 Å². The maximum atomic E-state index is 5.55. The highest BCUT2D eigenvalue weighted by atomic mass is 16.5. The molecule has 20 heavy (non-hydrogen) atoms. The van der Waals surface area contributed by atoms with E-state index in [0.29, 0.717) is 18.2 Å². The van der Waals surface area contributed by atoms with Crippen molar-refractivity contribution in [2.45, 2.75) is 78.1 Å². The maximum absolute atomic E-state index is 5.55. The molecule has 2 unspecified atom stereocenters. The lowest BCUT2D eigenvalue weighted by atomic mass is 9.93. The first kappa shape index (κ1) is 15.5. The van der Waals surface area contributed by atoms with Gasteiger partial charge in [-0.2, -0.15) is 5.10 Å². The van der Waals surface area contributed by atoms with E-state index in [0.717, 1.165) is 18.7 Å². The van der Waals surface area contributed by atoms with Crippen LogP contribution in [0.25, 0.3) is 0 Å². The van der Waals surface area contributed by atoms with Crippen LogP contribution in [0.5, 0.6) is 0 Å². The number of aryl methyl sites for hydroxylation is 1. The van der Waals surface area contributed by atoms with Gasteiger partial charge in [0.25, 0.3) is 0 Å². The van der Waals surface area contributed by atoms with Gasteiger partial charge in [0.05, 0.1) is 17.8 Å². The Morgan fingerprint density at radius 3 is 2.75 bits per heavy atom. The second-order valence-electron chi connectivity index (χ2n) is 6.31. The number of aromatic nitrogens is 2. The van der Waals surface area contributed by atoms with Crippen LogP contribution in [0, 0.1) is 13.8 Å². The lowest BCUT2D eigenvalue weighted by Crippen LogP contribution is -2.26. The van der Waals surface area contributed by atoms with Gasteiger partial charge < -0.3 is 10.1 Å². The Morgan fingerprint density at radius 1 is 1.35 bits per heavy atom. The van der Waals surface area contributed by atoms with Crippen molar-refractivity contribution in [1.82, 2.24) is 15.1 Å². The van der Waals surface area contributed by atoms with Gasteiger partial charge in [-0.3, -0.25) is 4.68 Å². The van der Waals surface area contributed by atoms with E-state index in [9.17, 15) is 0 Å². The summed E-state index contributed by atoms with van der Waals surface area (Å²) < 4.78 is 7.79. The zero-order chi connectivity index (χ0) is 14.7. The predicted molar refractivity (Wildman–Crippen MR) is 82.0 cm³/mol. The molecule has 0 spiro atoms. The number of hydrogen-bond donors (Lipinski definition) is 1. The van der Waals surface area contributed by atoms with Gasteiger partial charge in [-0.1, -0.05) is 13.8 Å². The van der Waals surface area contributed by atoms with E-state index in [1.54, 1.807) is 0 Å². The number of nitrogens with zero attached hydrogens (tertiary/aromatic N) is 2. The molecule has 0 amide bonds. The first-order chi connectivity index (χ1) is 9.52. The molecule has 1 aromatic heterocycles. The monoisotopic (exact) mass is 279 g/mol. The topological polar surface area (TPSA) is 39.1 Å². The molecule has 1 aliphatic rings. The SMILES string of the molecule is COC1CCCC(n2nc(C)c(CNC(C)C)c2C)C1. The van der Waals surface area contributed by atoms with E-state index in [2.05, 4.69) is 37.7 Å². The van der Waals surface area contributed by atoms with Gasteiger partial charge in [-0.05, 0) is 39.5 Å². The number of nitrogens with one attached hydrogen (secondary N) is 1. The summed E-state index contributed by atoms with van der Waals surface area (Å²) in [6.07, 6.45) is 5.14. The Hall–Kier alpha value is -0.870. The molecule has 2 rings (SSSR count). The molecular formula is C16H29N3O. The summed E-state index contributed by atoms with van der Waals surface area (Å²) in [6.45, 7) is 9.60. The average Bonchev–Trinajstić information content (AvgIpc) is 2.72. The molecule has 1 N–H and O–H groups in total. The summed E-state index contributed by atoms with van der Waals surface area (Å²) >= 11 is 0. The molecule has 0 bridgehead atoms. The normalized spacial score (nSPS) is 23.5. The highest BCUT2D eigenvalue weighted by Crippen LogP contribution is 2.31. The summed E-state index contributed by atoms with van der Waals surface area (Å²) in [5, 5.41) is 8.30. The third-order valence-electron chi connectivity index (χ3n) is 4.44. The quantitative estimate of drug-likeness (QED) is 0.900. The molecule has 1 aliphatic carbocycles. The summed E-state index contributed by atoms with van der Waals surface area (Å²) in [4.78, 5) is 0. The Labute approximate surface area is 122 Å². The molecule has 114 valence electrons. The van der Waals surface area contributed by atoms with E-state index in [-0.39, 0.29) is 0 Å². The zero-order valence-corrected chi connectivity index (χ0v) is 13.6. The van der Waals surface area contributed by atoms with Crippen molar-refractivity contribution in [3.05, 3.63) is 17.0 Å². The van der Waals surface area contributed by atoms with Crippen molar-refractivity contribution >= 4 is 0 Å². The van der Waals surface area contributed by atoms with E-state index < -0.39 is 0 Å². The molecule has 1 heterocycles. The van der Waals surface area contributed by atoms with E-state index >= 15 is 0 Å². The lowest BCUT2D eigenvalue weighted by Gasteiger charge is -2.29. The zero-order valence-electron chi connectivity index (χ0n) is 13.6. The number of hydrogen-bond acceptors (Lipinski definition) is 3. The smallest absolute Gasteiger partial charge is 0.0641 e. The second-order valence-corrected chi connectivity index (χ2v) is 6.31. The van der Waals surface area contributed by atoms with Gasteiger partial charge in [-0.25, -0.2) is 0 Å². The van der Waals surface area contributed by atoms with Crippen LogP contribution in [0.2, 0.25) is 0 Å². The minimum absolute atomic E-state index is 0.398. The molecule has 0 saturated heterocycles. The minimum Gasteiger partial charge on any atom is -0.381 e. The number of rotatable bonds is 5. The van der Waals surface area contributed by atoms with Gasteiger partial charge in [0.2, 0.25) is 0 Å². The number of methoxy groups -OCH3 is 1. The molecule has 4 nitrogen and oxygen atoms in total. The van der Waals surface area contributed by atoms with Crippen LogP contribution in [0.15, 0.2) is 0 Å². The minimum atomic E-state index is 0.398. The molecule has 1 fully saturated rings. The molecule has 1 aromatic rings. The van der Waals surface area contributed by atoms with E-state index in [4.69, 9.17) is 9.84 Å². The van der Waals surface area contributed by atoms with Crippen LogP contribution in [0.3, 0.4) is 0 Å². The van der Waals surface area contributed by atoms with Crippen LogP contribution in [-0.4, -0.2) is 29.0 Å². The van der Waals surface area contributed by atoms with Crippen molar-refractivity contribution in [1.29, 1.82) is 0 Å². The Balaban J connectivity index is 2.14. The van der Waals surface area contributed by atoms with Crippen LogP contribution < -0.4 is 5.32 Å². The fourth-order valence-corrected chi connectivity index (χ4v) is 3.17. The van der Waals surface area contributed by atoms with E-state index in [1.165, 1.54) is 30.5 Å². The third-order valence-corrected chi connectivity index (χ3v) is 4.44. The molecule has 4 heteroatoms. The van der Waals surface area contributed by atoms with Gasteiger partial charge in [0.15, 0.2) is 0 Å². The van der Waals surface area contributed by atoms with Crippen LogP contribution in [0.1, 0.15) is 62.5 Å². The summed E-state index contributed by atoms with van der Waals surface area (Å²) in [7, 11) is 1.83. The van der Waals surface area contributed by atoms with Crippen molar-refractivity contribution in [3.8, 4) is 0 Å². The maximum Gasteiger partial charge on any atom is 0.0641 e. The molecule has 0 aliphatic heterocycles. The third kappa shape index (κ3) is 3.41. The molecule has 2 atom stereocenters. The van der Waals surface area contributed by atoms with Crippen LogP contribution in [-0.2, 0) is 11.3 Å². The highest BCUT2D eigenvalue weighted by Gasteiger charge is 2.26. The standard InChI is InChI=1S/C16H29N3O/c1-11(2)17-10-16-12(3)18-19(13(16)4)14-7-6-8-15(9-14)20-5/h11,14-15,17H,6-10H2,1-5H3. The first-order valence-electron chi connectivity index (χ1n) is 7.83. The fraction of sp³-hybridized carbons (Fsp3) is 0.812. The van der Waals surface area contributed by atoms with Gasteiger partial charge in [-0.15, -0.1) is 0 Å². The highest BCUT2D eigenvalue weighted by molar-refractivity contribution is 5.25. The molecular weight excluding hydrogens is 250 g/mol. The first-order valence-corrected chi connectivity index (χ1v) is 7.83. The molecule has 0 aromatic carbocycles. The van der Waals surface area contributed by atoms with Crippen molar-refractivity contribution in [2.24, 2.45) is 0 Å². The Morgan fingerprint density at radius 2 is 2.10 bits per heavy atom. The lowest BCUT2D eigenvalue weighted by molar-refractivity contribution is 0.0503. The van der Waals surface area contributed by atoms with Crippen molar-refractivity contribution in [3.63, 3.8) is 0 Å². The van der Waals surface area contributed by atoms with Gasteiger partial charge in [0, 0.05) is 31.0 Å². The largest absolute Gasteiger partial charge is 0.381 e. The van der Waals surface area contributed by atoms with Crippen molar-refractivity contribution in [2.75, 3.05) is 7.11 Å². The summed E-state index contributed by atoms with van der Waals surface area (Å²) in [5.41, 5.74) is 3.84. The number of ether oxygens (including phenoxy) is 1. The summed E-state index contributed by atoms with van der Waals surface area (Å²) in [5.74, 6) is 0. The van der Waals surface area contributed by atoms with E-state index in [1.807, 2.05) is 7.11 Å².